The summed E-state index contributed by atoms with van der Waals surface area (Å²) in [5, 5.41) is 13.8. The molecule has 1 aliphatic rings. The molecule has 8 heteroatoms. The Morgan fingerprint density at radius 1 is 1.37 bits per heavy atom. The van der Waals surface area contributed by atoms with Gasteiger partial charge in [0.2, 0.25) is 11.8 Å². The Bertz CT molecular complexity index is 399. The van der Waals surface area contributed by atoms with Gasteiger partial charge in [-0.1, -0.05) is 0 Å². The predicted molar refractivity (Wildman–Crippen MR) is 68.8 cm³/mol. The number of hydrogen-bond acceptors (Lipinski definition) is 5. The molecule has 2 atom stereocenters. The van der Waals surface area contributed by atoms with Crippen molar-refractivity contribution >= 4 is 36.2 Å². The Morgan fingerprint density at radius 3 is 2.63 bits per heavy atom. The molecule has 2 unspecified atom stereocenters. The second kappa shape index (κ2) is 7.13. The summed E-state index contributed by atoms with van der Waals surface area (Å²) in [4.78, 5) is 45.7. The van der Waals surface area contributed by atoms with E-state index >= 15 is 0 Å². The lowest BCUT2D eigenvalue weighted by Gasteiger charge is -2.15. The number of ketones is 1. The van der Waals surface area contributed by atoms with Crippen molar-refractivity contribution in [3.63, 3.8) is 0 Å². The maximum Gasteiger partial charge on any atom is 0.306 e. The van der Waals surface area contributed by atoms with Crippen LogP contribution >= 0.6 is 12.6 Å². The molecule has 0 spiro atoms. The highest BCUT2D eigenvalue weighted by atomic mass is 32.1. The van der Waals surface area contributed by atoms with Crippen molar-refractivity contribution in [3.05, 3.63) is 0 Å². The number of carbonyl (C=O) groups excluding carboxylic acids is 3. The highest BCUT2D eigenvalue weighted by Crippen LogP contribution is 2.13. The Labute approximate surface area is 115 Å². The highest BCUT2D eigenvalue weighted by molar-refractivity contribution is 7.80. The molecule has 0 aromatic rings. The normalized spacial score (nSPS) is 26.1. The van der Waals surface area contributed by atoms with Crippen LogP contribution in [0.1, 0.15) is 19.3 Å². The standard InChI is InChI=1S/C11H16N2O5S/c14-7-3-6(11(17)18)1-2-9(15)13-8(5-19)10(16)12-4-7/h6,8,19H,1-5H2,(H,12,16)(H,13,15)(H,17,18). The van der Waals surface area contributed by atoms with Gasteiger partial charge >= 0.3 is 5.97 Å². The summed E-state index contributed by atoms with van der Waals surface area (Å²) >= 11 is 3.95. The number of thiol groups is 1. The van der Waals surface area contributed by atoms with Crippen LogP contribution in [0, 0.1) is 5.92 Å². The van der Waals surface area contributed by atoms with Crippen molar-refractivity contribution in [3.8, 4) is 0 Å². The molecule has 0 bridgehead atoms. The molecule has 7 nitrogen and oxygen atoms in total. The van der Waals surface area contributed by atoms with E-state index in [1.54, 1.807) is 0 Å². The number of carbonyl (C=O) groups is 4. The maximum atomic E-state index is 11.6. The Morgan fingerprint density at radius 2 is 2.05 bits per heavy atom. The van der Waals surface area contributed by atoms with Gasteiger partial charge in [0.15, 0.2) is 5.78 Å². The van der Waals surface area contributed by atoms with E-state index in [4.69, 9.17) is 5.11 Å². The van der Waals surface area contributed by atoms with Gasteiger partial charge in [-0.2, -0.15) is 12.6 Å². The van der Waals surface area contributed by atoms with E-state index in [0.29, 0.717) is 0 Å². The molecule has 2 amide bonds. The minimum atomic E-state index is -1.11. The molecule has 1 aliphatic heterocycles. The fraction of sp³-hybridized carbons (Fsp3) is 0.636. The van der Waals surface area contributed by atoms with Gasteiger partial charge in [0.25, 0.3) is 0 Å². The van der Waals surface area contributed by atoms with Gasteiger partial charge in [0.05, 0.1) is 12.5 Å². The van der Waals surface area contributed by atoms with Crippen molar-refractivity contribution in [1.82, 2.24) is 10.6 Å². The topological polar surface area (TPSA) is 113 Å². The number of carboxylic acids is 1. The van der Waals surface area contributed by atoms with Crippen LogP contribution in [0.4, 0.5) is 0 Å². The van der Waals surface area contributed by atoms with Crippen LogP contribution in [0.5, 0.6) is 0 Å². The van der Waals surface area contributed by atoms with Crippen LogP contribution < -0.4 is 10.6 Å². The zero-order valence-electron chi connectivity index (χ0n) is 10.2. The molecule has 19 heavy (non-hydrogen) atoms. The number of Topliss-reactive ketones (excluding diaryl/α,β-unsaturated/α-hetero) is 1. The van der Waals surface area contributed by atoms with Gasteiger partial charge in [-0.15, -0.1) is 0 Å². The van der Waals surface area contributed by atoms with Gasteiger partial charge in [-0.05, 0) is 6.42 Å². The third-order valence-corrected chi connectivity index (χ3v) is 3.20. The highest BCUT2D eigenvalue weighted by Gasteiger charge is 2.26. The van der Waals surface area contributed by atoms with E-state index in [9.17, 15) is 19.2 Å². The largest absolute Gasteiger partial charge is 0.481 e. The molecule has 1 heterocycles. The number of nitrogens with one attached hydrogen (secondary N) is 2. The summed E-state index contributed by atoms with van der Waals surface area (Å²) in [5.74, 6) is -3.19. The first kappa shape index (κ1) is 15.5. The zero-order chi connectivity index (χ0) is 14.4. The Kier molecular flexibility index (Phi) is 5.81. The molecule has 106 valence electrons. The summed E-state index contributed by atoms with van der Waals surface area (Å²) in [7, 11) is 0. The smallest absolute Gasteiger partial charge is 0.306 e. The minimum absolute atomic E-state index is 0.0399. The average molecular weight is 288 g/mol. The second-order valence-corrected chi connectivity index (χ2v) is 4.70. The van der Waals surface area contributed by atoms with Gasteiger partial charge in [-0.25, -0.2) is 0 Å². The number of hydrogen-bond donors (Lipinski definition) is 4. The fourth-order valence-corrected chi connectivity index (χ4v) is 1.99. The lowest BCUT2D eigenvalue weighted by atomic mass is 9.97. The second-order valence-electron chi connectivity index (χ2n) is 4.34. The van der Waals surface area contributed by atoms with E-state index in [-0.39, 0.29) is 37.3 Å². The van der Waals surface area contributed by atoms with Crippen molar-refractivity contribution in [2.24, 2.45) is 5.92 Å². The van der Waals surface area contributed by atoms with Crippen molar-refractivity contribution in [2.45, 2.75) is 25.3 Å². The van der Waals surface area contributed by atoms with E-state index in [2.05, 4.69) is 23.3 Å². The number of rotatable bonds is 2. The molecule has 0 saturated carbocycles. The van der Waals surface area contributed by atoms with E-state index in [1.165, 1.54) is 0 Å². The van der Waals surface area contributed by atoms with Gasteiger partial charge in [-0.3, -0.25) is 19.2 Å². The van der Waals surface area contributed by atoms with Crippen LogP contribution in [-0.4, -0.2) is 47.0 Å². The van der Waals surface area contributed by atoms with Gasteiger partial charge in [0, 0.05) is 18.6 Å². The first-order valence-corrected chi connectivity index (χ1v) is 6.49. The lowest BCUT2D eigenvalue weighted by Crippen LogP contribution is -2.48. The SMILES string of the molecule is O=C1CNC(=O)C(CS)NC(=O)CCC(C(=O)O)C1. The molecule has 0 aliphatic carbocycles. The minimum Gasteiger partial charge on any atom is -0.481 e. The van der Waals surface area contributed by atoms with Crippen LogP contribution in [0.2, 0.25) is 0 Å². The van der Waals surface area contributed by atoms with Gasteiger partial charge < -0.3 is 15.7 Å². The zero-order valence-corrected chi connectivity index (χ0v) is 11.1. The lowest BCUT2D eigenvalue weighted by molar-refractivity contribution is -0.144. The third kappa shape index (κ3) is 4.90. The predicted octanol–water partition coefficient (Wildman–Crippen LogP) is -1.03. The van der Waals surface area contributed by atoms with Crippen molar-refractivity contribution in [2.75, 3.05) is 12.3 Å². The quantitative estimate of drug-likeness (QED) is 0.485. The summed E-state index contributed by atoms with van der Waals surface area (Å²) in [6, 6.07) is -0.815. The number of amides is 2. The van der Waals surface area contributed by atoms with E-state index in [0.717, 1.165) is 0 Å². The molecule has 1 rings (SSSR count). The summed E-state index contributed by atoms with van der Waals surface area (Å²) in [6.07, 6.45) is -0.156. The molecule has 0 radical (unpaired) electrons. The summed E-state index contributed by atoms with van der Waals surface area (Å²) < 4.78 is 0. The Hall–Kier alpha value is -1.57. The average Bonchev–Trinajstić information content (AvgIpc) is 2.38. The monoisotopic (exact) mass is 288 g/mol. The first-order chi connectivity index (χ1) is 8.93. The molecule has 3 N–H and O–H groups in total. The summed E-state index contributed by atoms with van der Waals surface area (Å²) in [5.41, 5.74) is 0. The number of carboxylic acid groups (broad SMARTS) is 1. The van der Waals surface area contributed by atoms with Crippen LogP contribution in [0.25, 0.3) is 0 Å². The molecular formula is C11H16N2O5S. The molecule has 0 aromatic carbocycles. The fourth-order valence-electron chi connectivity index (χ4n) is 1.73. The van der Waals surface area contributed by atoms with Crippen LogP contribution in [0.3, 0.4) is 0 Å². The third-order valence-electron chi connectivity index (χ3n) is 2.84. The molecule has 1 saturated heterocycles. The molecule has 1 fully saturated rings. The van der Waals surface area contributed by atoms with Crippen molar-refractivity contribution in [1.29, 1.82) is 0 Å². The molecular weight excluding hydrogens is 272 g/mol. The Balaban J connectivity index is 2.80. The van der Waals surface area contributed by atoms with E-state index in [1.807, 2.05) is 0 Å². The van der Waals surface area contributed by atoms with Crippen molar-refractivity contribution < 1.29 is 24.3 Å². The first-order valence-electron chi connectivity index (χ1n) is 5.86. The van der Waals surface area contributed by atoms with E-state index < -0.39 is 29.7 Å². The maximum absolute atomic E-state index is 11.6. The van der Waals surface area contributed by atoms with Crippen LogP contribution in [0.15, 0.2) is 0 Å². The van der Waals surface area contributed by atoms with Gasteiger partial charge in [0.1, 0.15) is 6.04 Å². The summed E-state index contributed by atoms with van der Waals surface area (Å²) in [6.45, 7) is -0.233. The molecule has 0 aromatic heterocycles. The number of aliphatic carboxylic acids is 1. The van der Waals surface area contributed by atoms with Crippen LogP contribution in [-0.2, 0) is 19.2 Å².